The summed E-state index contributed by atoms with van der Waals surface area (Å²) >= 11 is 6.21. The quantitative estimate of drug-likeness (QED) is 0.784. The molecule has 0 aromatic heterocycles. The van der Waals surface area contributed by atoms with Gasteiger partial charge in [-0.05, 0) is 18.2 Å². The van der Waals surface area contributed by atoms with Crippen LogP contribution in [0.3, 0.4) is 0 Å². The number of aldehydes is 1. The largest absolute Gasteiger partial charge is 0.496 e. The molecule has 4 heteroatoms. The van der Waals surface area contributed by atoms with Crippen molar-refractivity contribution in [3.8, 4) is 5.75 Å². The van der Waals surface area contributed by atoms with Crippen LogP contribution in [0, 0.1) is 0 Å². The lowest BCUT2D eigenvalue weighted by atomic mass is 10.1. The highest BCUT2D eigenvalue weighted by Gasteiger charge is 2.13. The Balaban J connectivity index is 2.33. The summed E-state index contributed by atoms with van der Waals surface area (Å²) in [4.78, 5) is 13.1. The van der Waals surface area contributed by atoms with Crippen molar-refractivity contribution >= 4 is 23.6 Å². The van der Waals surface area contributed by atoms with Crippen molar-refractivity contribution in [2.75, 3.05) is 19.1 Å². The van der Waals surface area contributed by atoms with Crippen molar-refractivity contribution in [1.82, 2.24) is 0 Å². The normalized spacial score (nSPS) is 10.2. The van der Waals surface area contributed by atoms with E-state index in [-0.39, 0.29) is 0 Å². The molecular formula is C16H16ClNO2. The topological polar surface area (TPSA) is 29.5 Å². The molecule has 2 rings (SSSR count). The molecule has 0 heterocycles. The third-order valence-electron chi connectivity index (χ3n) is 3.13. The minimum atomic E-state index is 0.562. The summed E-state index contributed by atoms with van der Waals surface area (Å²) in [5.74, 6) is 0.819. The van der Waals surface area contributed by atoms with Crippen LogP contribution in [0.2, 0.25) is 5.02 Å². The predicted molar refractivity (Wildman–Crippen MR) is 81.9 cm³/mol. The van der Waals surface area contributed by atoms with Crippen LogP contribution in [0.4, 0.5) is 5.69 Å². The molecule has 0 fully saturated rings. The molecule has 3 nitrogen and oxygen atoms in total. The van der Waals surface area contributed by atoms with Crippen molar-refractivity contribution in [3.05, 3.63) is 58.6 Å². The minimum absolute atomic E-state index is 0.562. The summed E-state index contributed by atoms with van der Waals surface area (Å²) in [6.07, 6.45) is 0.819. The van der Waals surface area contributed by atoms with Crippen molar-refractivity contribution in [3.63, 3.8) is 0 Å². The van der Waals surface area contributed by atoms with Crippen molar-refractivity contribution < 1.29 is 9.53 Å². The molecule has 0 aliphatic heterocycles. The fourth-order valence-corrected chi connectivity index (χ4v) is 2.52. The third kappa shape index (κ3) is 2.94. The van der Waals surface area contributed by atoms with Crippen LogP contribution in [-0.4, -0.2) is 20.4 Å². The average molecular weight is 290 g/mol. The summed E-state index contributed by atoms with van der Waals surface area (Å²) < 4.78 is 5.34. The van der Waals surface area contributed by atoms with Crippen LogP contribution in [0.5, 0.6) is 5.75 Å². The zero-order valence-corrected chi connectivity index (χ0v) is 12.2. The van der Waals surface area contributed by atoms with Crippen LogP contribution < -0.4 is 9.64 Å². The summed E-state index contributed by atoms with van der Waals surface area (Å²) in [7, 11) is 3.55. The second kappa shape index (κ2) is 6.44. The first-order valence-corrected chi connectivity index (χ1v) is 6.62. The number of nitrogens with zero attached hydrogens (tertiary/aromatic N) is 1. The molecule has 2 aromatic rings. The number of ether oxygens (including phenoxy) is 1. The summed E-state index contributed by atoms with van der Waals surface area (Å²) in [5, 5.41) is 0.562. The van der Waals surface area contributed by atoms with E-state index in [9.17, 15) is 4.79 Å². The highest BCUT2D eigenvalue weighted by atomic mass is 35.5. The molecule has 0 spiro atoms. The van der Waals surface area contributed by atoms with E-state index < -0.39 is 0 Å². The highest BCUT2D eigenvalue weighted by molar-refractivity contribution is 6.33. The fourth-order valence-electron chi connectivity index (χ4n) is 2.20. The number of rotatable bonds is 5. The third-order valence-corrected chi connectivity index (χ3v) is 3.43. The molecule has 0 saturated heterocycles. The lowest BCUT2D eigenvalue weighted by molar-refractivity contribution is 0.112. The SMILES string of the molecule is COc1ccccc1CN(C)c1c(Cl)cccc1C=O. The van der Waals surface area contributed by atoms with Gasteiger partial charge in [0.1, 0.15) is 5.75 Å². The number of halogens is 1. The molecule has 0 amide bonds. The van der Waals surface area contributed by atoms with Gasteiger partial charge in [0, 0.05) is 24.7 Å². The van der Waals surface area contributed by atoms with E-state index in [2.05, 4.69) is 0 Å². The Hall–Kier alpha value is -2.00. The Kier molecular flexibility index (Phi) is 4.64. The number of carbonyl (C=O) groups is 1. The number of hydrogen-bond acceptors (Lipinski definition) is 3. The van der Waals surface area contributed by atoms with E-state index in [1.807, 2.05) is 36.2 Å². The predicted octanol–water partition coefficient (Wildman–Crippen LogP) is 3.80. The molecule has 0 N–H and O–H groups in total. The standard InChI is InChI=1S/C16H16ClNO2/c1-18(10-12-6-3-4-9-15(12)20-2)16-13(11-19)7-5-8-14(16)17/h3-9,11H,10H2,1-2H3. The maximum atomic E-state index is 11.1. The number of benzene rings is 2. The van der Waals surface area contributed by atoms with Crippen LogP contribution in [0.25, 0.3) is 0 Å². The fraction of sp³-hybridized carbons (Fsp3) is 0.188. The van der Waals surface area contributed by atoms with Crippen molar-refractivity contribution in [2.45, 2.75) is 6.54 Å². The van der Waals surface area contributed by atoms with Crippen LogP contribution >= 0.6 is 11.6 Å². The van der Waals surface area contributed by atoms with Crippen LogP contribution in [-0.2, 0) is 6.54 Å². The number of methoxy groups -OCH3 is 1. The van der Waals surface area contributed by atoms with Gasteiger partial charge in [0.05, 0.1) is 17.8 Å². The maximum Gasteiger partial charge on any atom is 0.152 e. The number of para-hydroxylation sites is 2. The Bertz CT molecular complexity index is 613. The zero-order valence-electron chi connectivity index (χ0n) is 11.5. The Labute approximate surface area is 123 Å². The van der Waals surface area contributed by atoms with Gasteiger partial charge in [-0.25, -0.2) is 0 Å². The Morgan fingerprint density at radius 3 is 2.65 bits per heavy atom. The first-order chi connectivity index (χ1) is 9.67. The molecule has 0 unspecified atom stereocenters. The maximum absolute atomic E-state index is 11.1. The molecule has 104 valence electrons. The van der Waals surface area contributed by atoms with E-state index >= 15 is 0 Å². The zero-order chi connectivity index (χ0) is 14.5. The molecule has 0 radical (unpaired) electrons. The van der Waals surface area contributed by atoms with E-state index in [1.54, 1.807) is 25.3 Å². The number of carbonyl (C=O) groups excluding carboxylic acids is 1. The molecule has 0 saturated carbocycles. The monoisotopic (exact) mass is 289 g/mol. The molecule has 2 aromatic carbocycles. The molecule has 0 atom stereocenters. The van der Waals surface area contributed by atoms with Gasteiger partial charge in [0.25, 0.3) is 0 Å². The van der Waals surface area contributed by atoms with Crippen molar-refractivity contribution in [2.24, 2.45) is 0 Å². The summed E-state index contributed by atoms with van der Waals surface area (Å²) in [6.45, 7) is 0.606. The minimum Gasteiger partial charge on any atom is -0.496 e. The smallest absolute Gasteiger partial charge is 0.152 e. The molecule has 0 bridgehead atoms. The molecule has 0 aliphatic carbocycles. The Morgan fingerprint density at radius 2 is 1.95 bits per heavy atom. The highest BCUT2D eigenvalue weighted by Crippen LogP contribution is 2.30. The first kappa shape index (κ1) is 14.4. The lowest BCUT2D eigenvalue weighted by Crippen LogP contribution is -2.19. The van der Waals surface area contributed by atoms with Gasteiger partial charge in [0.15, 0.2) is 6.29 Å². The van der Waals surface area contributed by atoms with E-state index in [0.29, 0.717) is 17.1 Å². The van der Waals surface area contributed by atoms with Crippen LogP contribution in [0.15, 0.2) is 42.5 Å². The van der Waals surface area contributed by atoms with Crippen LogP contribution in [0.1, 0.15) is 15.9 Å². The van der Waals surface area contributed by atoms with E-state index in [1.165, 1.54) is 0 Å². The Morgan fingerprint density at radius 1 is 1.20 bits per heavy atom. The molecule has 0 aliphatic rings. The first-order valence-electron chi connectivity index (χ1n) is 6.24. The average Bonchev–Trinajstić information content (AvgIpc) is 2.47. The lowest BCUT2D eigenvalue weighted by Gasteiger charge is -2.23. The molecular weight excluding hydrogens is 274 g/mol. The second-order valence-electron chi connectivity index (χ2n) is 4.46. The van der Waals surface area contributed by atoms with Crippen molar-refractivity contribution in [1.29, 1.82) is 0 Å². The summed E-state index contributed by atoms with van der Waals surface area (Å²) in [5.41, 5.74) is 2.35. The molecule has 20 heavy (non-hydrogen) atoms. The van der Waals surface area contributed by atoms with Gasteiger partial charge in [0.2, 0.25) is 0 Å². The van der Waals surface area contributed by atoms with E-state index in [4.69, 9.17) is 16.3 Å². The van der Waals surface area contributed by atoms with E-state index in [0.717, 1.165) is 23.3 Å². The van der Waals surface area contributed by atoms with Gasteiger partial charge in [-0.15, -0.1) is 0 Å². The van der Waals surface area contributed by atoms with Gasteiger partial charge in [-0.2, -0.15) is 0 Å². The van der Waals surface area contributed by atoms with Gasteiger partial charge >= 0.3 is 0 Å². The number of hydrogen-bond donors (Lipinski definition) is 0. The van der Waals surface area contributed by atoms with Gasteiger partial charge in [-0.3, -0.25) is 4.79 Å². The van der Waals surface area contributed by atoms with Gasteiger partial charge in [-0.1, -0.05) is 35.9 Å². The number of anilines is 1. The second-order valence-corrected chi connectivity index (χ2v) is 4.87. The summed E-state index contributed by atoms with van der Waals surface area (Å²) in [6, 6.07) is 13.1. The van der Waals surface area contributed by atoms with Gasteiger partial charge < -0.3 is 9.64 Å².